The van der Waals surface area contributed by atoms with E-state index in [1.807, 2.05) is 62.4 Å². The zero-order chi connectivity index (χ0) is 21.0. The largest absolute Gasteiger partial charge is 0.316 e. The van der Waals surface area contributed by atoms with Crippen molar-refractivity contribution in [2.24, 2.45) is 5.73 Å². The zero-order valence-electron chi connectivity index (χ0n) is 16.5. The Morgan fingerprint density at radius 3 is 2.21 bits per heavy atom. The normalized spacial score (nSPS) is 11.9. The molecule has 29 heavy (non-hydrogen) atoms. The van der Waals surface area contributed by atoms with E-state index in [9.17, 15) is 13.6 Å². The molecule has 3 aromatic rings. The minimum absolute atomic E-state index is 0.255. The van der Waals surface area contributed by atoms with Gasteiger partial charge in [-0.05, 0) is 66.8 Å². The fourth-order valence-corrected chi connectivity index (χ4v) is 3.23. The van der Waals surface area contributed by atoms with E-state index in [2.05, 4.69) is 0 Å². The first-order chi connectivity index (χ1) is 13.8. The Balaban J connectivity index is 1.90. The third-order valence-corrected chi connectivity index (χ3v) is 5.04. The Morgan fingerprint density at radius 2 is 1.59 bits per heavy atom. The summed E-state index contributed by atoms with van der Waals surface area (Å²) in [4.78, 5) is 14.8. The summed E-state index contributed by atoms with van der Waals surface area (Å²) in [6, 6.07) is 17.4. The number of anilines is 1. The Bertz CT molecular complexity index is 985. The van der Waals surface area contributed by atoms with Gasteiger partial charge in [-0.3, -0.25) is 4.79 Å². The van der Waals surface area contributed by atoms with Crippen molar-refractivity contribution < 1.29 is 13.6 Å². The van der Waals surface area contributed by atoms with Gasteiger partial charge in [0.05, 0.1) is 0 Å². The molecule has 0 bridgehead atoms. The van der Waals surface area contributed by atoms with Crippen LogP contribution in [0.15, 0.2) is 66.7 Å². The molecule has 3 nitrogen and oxygen atoms in total. The second kappa shape index (κ2) is 8.97. The highest BCUT2D eigenvalue weighted by molar-refractivity contribution is 5.97. The summed E-state index contributed by atoms with van der Waals surface area (Å²) in [6.07, 6.45) is 0.300. The third kappa shape index (κ3) is 5.06. The maximum Gasteiger partial charge on any atom is 0.248 e. The van der Waals surface area contributed by atoms with Gasteiger partial charge in [0.1, 0.15) is 17.7 Å². The minimum atomic E-state index is -0.831. The van der Waals surface area contributed by atoms with Gasteiger partial charge in [-0.25, -0.2) is 8.78 Å². The number of nitrogens with zero attached hydrogens (tertiary/aromatic N) is 1. The average Bonchev–Trinajstić information content (AvgIpc) is 2.70. The first-order valence-electron chi connectivity index (χ1n) is 9.49. The summed E-state index contributed by atoms with van der Waals surface area (Å²) >= 11 is 0. The lowest BCUT2D eigenvalue weighted by Crippen LogP contribution is -2.40. The number of hydrogen-bond acceptors (Lipinski definition) is 2. The van der Waals surface area contributed by atoms with Crippen LogP contribution in [0.25, 0.3) is 0 Å². The summed E-state index contributed by atoms with van der Waals surface area (Å²) in [5.74, 6) is -1.54. The van der Waals surface area contributed by atoms with Crippen molar-refractivity contribution in [2.45, 2.75) is 26.3 Å². The number of hydrogen-bond donors (Lipinski definition) is 1. The Kier molecular flexibility index (Phi) is 6.39. The number of rotatable bonds is 6. The van der Waals surface area contributed by atoms with Crippen LogP contribution >= 0.6 is 0 Å². The zero-order valence-corrected chi connectivity index (χ0v) is 16.5. The van der Waals surface area contributed by atoms with Crippen molar-refractivity contribution in [3.8, 4) is 0 Å². The number of halogens is 2. The number of carbonyl (C=O) groups excluding carboxylic acids is 1. The summed E-state index contributed by atoms with van der Waals surface area (Å²) in [7, 11) is 0. The van der Waals surface area contributed by atoms with Crippen LogP contribution in [0.1, 0.15) is 28.3 Å². The highest BCUT2D eigenvalue weighted by Crippen LogP contribution is 2.23. The quantitative estimate of drug-likeness (QED) is 0.649. The summed E-state index contributed by atoms with van der Waals surface area (Å²) in [5.41, 5.74) is 10.3. The van der Waals surface area contributed by atoms with E-state index in [0.717, 1.165) is 17.2 Å². The molecule has 0 fully saturated rings. The van der Waals surface area contributed by atoms with Crippen LogP contribution in [0.3, 0.4) is 0 Å². The van der Waals surface area contributed by atoms with Crippen LogP contribution in [-0.2, 0) is 11.2 Å². The molecule has 0 spiro atoms. The third-order valence-electron chi connectivity index (χ3n) is 5.04. The second-order valence-corrected chi connectivity index (χ2v) is 7.17. The molecule has 1 atom stereocenters. The highest BCUT2D eigenvalue weighted by Gasteiger charge is 2.24. The van der Waals surface area contributed by atoms with Crippen molar-refractivity contribution in [1.82, 2.24) is 0 Å². The van der Waals surface area contributed by atoms with E-state index in [4.69, 9.17) is 5.73 Å². The van der Waals surface area contributed by atoms with E-state index in [1.165, 1.54) is 12.1 Å². The molecule has 0 aliphatic carbocycles. The monoisotopic (exact) mass is 394 g/mol. The van der Waals surface area contributed by atoms with Crippen LogP contribution in [0, 0.1) is 25.5 Å². The summed E-state index contributed by atoms with van der Waals surface area (Å²) in [6.45, 7) is 4.22. The van der Waals surface area contributed by atoms with Gasteiger partial charge < -0.3 is 10.6 Å². The van der Waals surface area contributed by atoms with Gasteiger partial charge in [0.2, 0.25) is 5.91 Å². The van der Waals surface area contributed by atoms with E-state index in [1.54, 1.807) is 4.90 Å². The van der Waals surface area contributed by atoms with Gasteiger partial charge in [-0.2, -0.15) is 0 Å². The van der Waals surface area contributed by atoms with Crippen LogP contribution < -0.4 is 10.6 Å². The average molecular weight is 394 g/mol. The minimum Gasteiger partial charge on any atom is -0.316 e. The lowest BCUT2D eigenvalue weighted by molar-refractivity contribution is -0.120. The lowest BCUT2D eigenvalue weighted by Gasteiger charge is -2.27. The molecule has 0 aliphatic rings. The molecule has 0 radical (unpaired) electrons. The fourth-order valence-electron chi connectivity index (χ4n) is 3.23. The second-order valence-electron chi connectivity index (χ2n) is 7.17. The van der Waals surface area contributed by atoms with E-state index < -0.39 is 17.7 Å². The molecule has 0 aliphatic heterocycles. The van der Waals surface area contributed by atoms with Gasteiger partial charge in [-0.15, -0.1) is 0 Å². The molecule has 5 heteroatoms. The molecule has 3 rings (SSSR count). The number of nitrogens with two attached hydrogens (primary N) is 1. The Labute approximate surface area is 169 Å². The molecule has 150 valence electrons. The number of aryl methyl sites for hydroxylation is 2. The van der Waals surface area contributed by atoms with Crippen LogP contribution in [-0.4, -0.2) is 12.5 Å². The predicted molar refractivity (Wildman–Crippen MR) is 112 cm³/mol. The van der Waals surface area contributed by atoms with Crippen molar-refractivity contribution in [3.63, 3.8) is 0 Å². The van der Waals surface area contributed by atoms with Gasteiger partial charge >= 0.3 is 0 Å². The topological polar surface area (TPSA) is 46.3 Å². The van der Waals surface area contributed by atoms with Gasteiger partial charge in [0.25, 0.3) is 0 Å². The summed E-state index contributed by atoms with van der Waals surface area (Å²) in [5, 5.41) is 0. The van der Waals surface area contributed by atoms with E-state index in [-0.39, 0.29) is 12.5 Å². The standard InChI is InChI=1S/C24H24F2N2O/c1-16-8-9-22(12-17(16)2)28(11-10-18-13-20(25)15-21(26)14-18)24(29)23(27)19-6-4-3-5-7-19/h3-9,12-15,23H,10-11,27H2,1-2H3/t23-/m0/s1. The fraction of sp³-hybridized carbons (Fsp3) is 0.208. The molecular weight excluding hydrogens is 370 g/mol. The highest BCUT2D eigenvalue weighted by atomic mass is 19.1. The molecular formula is C24H24F2N2O. The maximum absolute atomic E-state index is 13.5. The first-order valence-corrected chi connectivity index (χ1v) is 9.49. The molecule has 2 N–H and O–H groups in total. The number of carbonyl (C=O) groups is 1. The van der Waals surface area contributed by atoms with Gasteiger partial charge in [0, 0.05) is 18.3 Å². The molecule has 0 aromatic heterocycles. The van der Waals surface area contributed by atoms with Crippen molar-refractivity contribution in [1.29, 1.82) is 0 Å². The molecule has 1 amide bonds. The first kappa shape index (κ1) is 20.7. The van der Waals surface area contributed by atoms with Crippen molar-refractivity contribution >= 4 is 11.6 Å². The van der Waals surface area contributed by atoms with Crippen LogP contribution in [0.2, 0.25) is 0 Å². The Morgan fingerprint density at radius 1 is 0.931 bits per heavy atom. The Hall–Kier alpha value is -3.05. The SMILES string of the molecule is Cc1ccc(N(CCc2cc(F)cc(F)c2)C(=O)[C@@H](N)c2ccccc2)cc1C. The van der Waals surface area contributed by atoms with Gasteiger partial charge in [-0.1, -0.05) is 36.4 Å². The molecule has 0 unspecified atom stereocenters. The maximum atomic E-state index is 13.5. The lowest BCUT2D eigenvalue weighted by atomic mass is 10.0. The molecule has 0 saturated carbocycles. The number of benzene rings is 3. The smallest absolute Gasteiger partial charge is 0.248 e. The molecule has 3 aromatic carbocycles. The summed E-state index contributed by atoms with van der Waals surface area (Å²) < 4.78 is 27.1. The van der Waals surface area contributed by atoms with E-state index >= 15 is 0 Å². The van der Waals surface area contributed by atoms with E-state index in [0.29, 0.717) is 23.2 Å². The molecule has 0 saturated heterocycles. The number of amides is 1. The molecule has 0 heterocycles. The predicted octanol–water partition coefficient (Wildman–Crippen LogP) is 4.86. The van der Waals surface area contributed by atoms with Crippen molar-refractivity contribution in [2.75, 3.05) is 11.4 Å². The van der Waals surface area contributed by atoms with Gasteiger partial charge in [0.15, 0.2) is 0 Å². The van der Waals surface area contributed by atoms with Crippen LogP contribution in [0.4, 0.5) is 14.5 Å². The van der Waals surface area contributed by atoms with Crippen LogP contribution in [0.5, 0.6) is 0 Å². The van der Waals surface area contributed by atoms with Crippen molar-refractivity contribution in [3.05, 3.63) is 101 Å².